The highest BCUT2D eigenvalue weighted by Crippen LogP contribution is 2.22. The molecule has 2 N–H and O–H groups in total. The summed E-state index contributed by atoms with van der Waals surface area (Å²) in [6.45, 7) is 0.149. The Balaban J connectivity index is 1.95. The molecule has 2 heterocycles. The molecule has 0 saturated carbocycles. The fourth-order valence-electron chi connectivity index (χ4n) is 2.46. The van der Waals surface area contributed by atoms with Crippen LogP contribution in [-0.2, 0) is 0 Å². The zero-order valence-corrected chi connectivity index (χ0v) is 13.7. The van der Waals surface area contributed by atoms with Gasteiger partial charge in [0.2, 0.25) is 0 Å². The van der Waals surface area contributed by atoms with Crippen LogP contribution in [0.1, 0.15) is 6.42 Å². The van der Waals surface area contributed by atoms with E-state index < -0.39 is 0 Å². The Hall–Kier alpha value is -2.12. The molecule has 0 spiro atoms. The van der Waals surface area contributed by atoms with E-state index >= 15 is 0 Å². The summed E-state index contributed by atoms with van der Waals surface area (Å²) >= 11 is 1.74. The molecule has 0 aliphatic rings. The Morgan fingerprint density at radius 1 is 1.26 bits per heavy atom. The summed E-state index contributed by atoms with van der Waals surface area (Å²) in [5, 5.41) is 17.9. The number of hydrogen-bond donors (Lipinski definition) is 2. The maximum absolute atomic E-state index is 9.21. The number of nitrogens with zero attached hydrogens (tertiary/aromatic N) is 4. The van der Waals surface area contributed by atoms with Crippen molar-refractivity contribution in [3.8, 4) is 5.69 Å². The Bertz CT molecular complexity index is 756. The third-order valence-electron chi connectivity index (χ3n) is 3.55. The topological polar surface area (TPSA) is 75.9 Å². The van der Waals surface area contributed by atoms with Gasteiger partial charge in [-0.25, -0.2) is 14.6 Å². The van der Waals surface area contributed by atoms with E-state index in [4.69, 9.17) is 0 Å². The van der Waals surface area contributed by atoms with Crippen molar-refractivity contribution in [1.82, 2.24) is 19.7 Å². The molecule has 120 valence electrons. The summed E-state index contributed by atoms with van der Waals surface area (Å²) in [4.78, 5) is 8.72. The van der Waals surface area contributed by atoms with Gasteiger partial charge in [0.15, 0.2) is 5.65 Å². The highest BCUT2D eigenvalue weighted by molar-refractivity contribution is 7.98. The van der Waals surface area contributed by atoms with Crippen molar-refractivity contribution in [2.45, 2.75) is 12.5 Å². The van der Waals surface area contributed by atoms with Crippen LogP contribution < -0.4 is 5.32 Å². The van der Waals surface area contributed by atoms with Gasteiger partial charge in [-0.2, -0.15) is 16.9 Å². The standard InChI is InChI=1S/C16H19N5OS/c1-23-10-12(7-8-22)20-15-14-9-19-21(16(14)18-11-17-15)13-5-3-2-4-6-13/h2-6,9,11-12,22H,7-8,10H2,1H3,(H,17,18,20). The third kappa shape index (κ3) is 3.46. The maximum Gasteiger partial charge on any atom is 0.168 e. The van der Waals surface area contributed by atoms with Crippen LogP contribution in [0.2, 0.25) is 0 Å². The molecular formula is C16H19N5OS. The second kappa shape index (κ2) is 7.43. The zero-order chi connectivity index (χ0) is 16.1. The van der Waals surface area contributed by atoms with Gasteiger partial charge in [0.25, 0.3) is 0 Å². The van der Waals surface area contributed by atoms with Gasteiger partial charge < -0.3 is 10.4 Å². The first-order valence-corrected chi connectivity index (χ1v) is 8.83. The molecule has 7 heteroatoms. The van der Waals surface area contributed by atoms with Crippen molar-refractivity contribution >= 4 is 28.6 Å². The van der Waals surface area contributed by atoms with E-state index in [1.807, 2.05) is 30.3 Å². The fourth-order valence-corrected chi connectivity index (χ4v) is 3.12. The largest absolute Gasteiger partial charge is 0.396 e. The fraction of sp³-hybridized carbons (Fsp3) is 0.312. The maximum atomic E-state index is 9.21. The van der Waals surface area contributed by atoms with Crippen molar-refractivity contribution in [3.05, 3.63) is 42.9 Å². The molecule has 23 heavy (non-hydrogen) atoms. The van der Waals surface area contributed by atoms with Gasteiger partial charge in [0.1, 0.15) is 12.1 Å². The number of hydrogen-bond acceptors (Lipinski definition) is 6. The third-order valence-corrected chi connectivity index (χ3v) is 4.29. The number of thioether (sulfide) groups is 1. The van der Waals surface area contributed by atoms with Crippen LogP contribution in [-0.4, -0.2) is 49.5 Å². The molecule has 1 aromatic carbocycles. The lowest BCUT2D eigenvalue weighted by atomic mass is 10.2. The van der Waals surface area contributed by atoms with Crippen LogP contribution in [0.25, 0.3) is 16.7 Å². The molecule has 0 radical (unpaired) electrons. The van der Waals surface area contributed by atoms with Crippen molar-refractivity contribution in [2.24, 2.45) is 0 Å². The molecule has 3 aromatic rings. The van der Waals surface area contributed by atoms with Gasteiger partial charge in [-0.1, -0.05) is 18.2 Å². The molecule has 6 nitrogen and oxygen atoms in total. The molecule has 1 unspecified atom stereocenters. The zero-order valence-electron chi connectivity index (χ0n) is 12.9. The molecule has 0 bridgehead atoms. The minimum absolute atomic E-state index is 0.149. The lowest BCUT2D eigenvalue weighted by molar-refractivity contribution is 0.282. The van der Waals surface area contributed by atoms with Crippen LogP contribution in [0.4, 0.5) is 5.82 Å². The van der Waals surface area contributed by atoms with E-state index in [0.717, 1.165) is 28.3 Å². The van der Waals surface area contributed by atoms with E-state index in [9.17, 15) is 5.11 Å². The first kappa shape index (κ1) is 15.8. The smallest absolute Gasteiger partial charge is 0.168 e. The molecule has 0 aliphatic carbocycles. The second-order valence-corrected chi connectivity index (χ2v) is 6.07. The summed E-state index contributed by atoms with van der Waals surface area (Å²) in [5.74, 6) is 1.66. The van der Waals surface area contributed by atoms with E-state index in [0.29, 0.717) is 6.42 Å². The first-order chi connectivity index (χ1) is 11.3. The van der Waals surface area contributed by atoms with Gasteiger partial charge in [0, 0.05) is 18.4 Å². The molecule has 0 amide bonds. The van der Waals surface area contributed by atoms with Gasteiger partial charge in [-0.15, -0.1) is 0 Å². The minimum atomic E-state index is 0.149. The Morgan fingerprint density at radius 2 is 2.09 bits per heavy atom. The molecule has 3 rings (SSSR count). The molecule has 1 atom stereocenters. The second-order valence-electron chi connectivity index (χ2n) is 5.16. The molecule has 0 fully saturated rings. The van der Waals surface area contributed by atoms with Gasteiger partial charge in [-0.3, -0.25) is 0 Å². The summed E-state index contributed by atoms with van der Waals surface area (Å²) in [6, 6.07) is 10.1. The highest BCUT2D eigenvalue weighted by Gasteiger charge is 2.14. The van der Waals surface area contributed by atoms with Crippen LogP contribution in [0.3, 0.4) is 0 Å². The minimum Gasteiger partial charge on any atom is -0.396 e. The number of anilines is 1. The monoisotopic (exact) mass is 329 g/mol. The highest BCUT2D eigenvalue weighted by atomic mass is 32.2. The Labute approximate surface area is 139 Å². The molecule has 0 aliphatic heterocycles. The van der Waals surface area contributed by atoms with E-state index in [-0.39, 0.29) is 12.6 Å². The number of aromatic nitrogens is 4. The Morgan fingerprint density at radius 3 is 2.83 bits per heavy atom. The number of fused-ring (bicyclic) bond motifs is 1. The number of para-hydroxylation sites is 1. The van der Waals surface area contributed by atoms with Crippen LogP contribution in [0.15, 0.2) is 42.9 Å². The van der Waals surface area contributed by atoms with E-state index in [1.54, 1.807) is 29.0 Å². The van der Waals surface area contributed by atoms with Crippen molar-refractivity contribution in [2.75, 3.05) is 23.9 Å². The van der Waals surface area contributed by atoms with Crippen LogP contribution in [0, 0.1) is 0 Å². The number of aliphatic hydroxyl groups excluding tert-OH is 1. The molecular weight excluding hydrogens is 310 g/mol. The molecule has 0 saturated heterocycles. The number of rotatable bonds is 7. The quantitative estimate of drug-likeness (QED) is 0.693. The van der Waals surface area contributed by atoms with Crippen molar-refractivity contribution in [3.63, 3.8) is 0 Å². The van der Waals surface area contributed by atoms with E-state index in [1.165, 1.54) is 0 Å². The SMILES string of the molecule is CSCC(CCO)Nc1ncnc2c1cnn2-c1ccccc1. The predicted molar refractivity (Wildman–Crippen MR) is 94.2 cm³/mol. The molecule has 2 aromatic heterocycles. The van der Waals surface area contributed by atoms with Gasteiger partial charge >= 0.3 is 0 Å². The van der Waals surface area contributed by atoms with Crippen molar-refractivity contribution in [1.29, 1.82) is 0 Å². The number of nitrogens with one attached hydrogen (secondary N) is 1. The normalized spacial score (nSPS) is 12.4. The summed E-state index contributed by atoms with van der Waals surface area (Å²) in [5.41, 5.74) is 1.73. The number of benzene rings is 1. The van der Waals surface area contributed by atoms with Crippen LogP contribution >= 0.6 is 11.8 Å². The van der Waals surface area contributed by atoms with Gasteiger partial charge in [-0.05, 0) is 24.8 Å². The average Bonchev–Trinajstić information content (AvgIpc) is 3.01. The van der Waals surface area contributed by atoms with Gasteiger partial charge in [0.05, 0.1) is 17.3 Å². The predicted octanol–water partition coefficient (Wildman–Crippen LogP) is 2.34. The van der Waals surface area contributed by atoms with Crippen molar-refractivity contribution < 1.29 is 5.11 Å². The van der Waals surface area contributed by atoms with Crippen LogP contribution in [0.5, 0.6) is 0 Å². The average molecular weight is 329 g/mol. The lowest BCUT2D eigenvalue weighted by Gasteiger charge is -2.17. The number of aliphatic hydroxyl groups is 1. The van der Waals surface area contributed by atoms with E-state index in [2.05, 4.69) is 26.6 Å². The lowest BCUT2D eigenvalue weighted by Crippen LogP contribution is -2.24. The first-order valence-electron chi connectivity index (χ1n) is 7.44. The summed E-state index contributed by atoms with van der Waals surface area (Å²) in [6.07, 6.45) is 6.05. The summed E-state index contributed by atoms with van der Waals surface area (Å²) in [7, 11) is 0. The summed E-state index contributed by atoms with van der Waals surface area (Å²) < 4.78 is 1.80. The Kier molecular flexibility index (Phi) is 5.09.